The van der Waals surface area contributed by atoms with Crippen molar-refractivity contribution in [1.29, 1.82) is 0 Å². The molecule has 0 bridgehead atoms. The summed E-state index contributed by atoms with van der Waals surface area (Å²) in [6.07, 6.45) is 4.04. The van der Waals surface area contributed by atoms with Crippen LogP contribution in [0.2, 0.25) is 0 Å². The maximum Gasteiger partial charge on any atom is 0.215 e. The minimum absolute atomic E-state index is 0.0860. The van der Waals surface area contributed by atoms with E-state index in [2.05, 4.69) is 11.3 Å². The Morgan fingerprint density at radius 2 is 2.18 bits per heavy atom. The summed E-state index contributed by atoms with van der Waals surface area (Å²) in [7, 11) is -3.19. The molecule has 3 N–H and O–H groups in total. The summed E-state index contributed by atoms with van der Waals surface area (Å²) in [5.74, 6) is -0.0860. The van der Waals surface area contributed by atoms with Gasteiger partial charge in [-0.15, -0.1) is 6.58 Å². The van der Waals surface area contributed by atoms with E-state index in [-0.39, 0.29) is 12.3 Å². The maximum atomic E-state index is 10.9. The average molecular weight is 176 g/mol. The first kappa shape index (κ1) is 10.2. The van der Waals surface area contributed by atoms with Crippen molar-refractivity contribution in [3.05, 3.63) is 24.9 Å². The van der Waals surface area contributed by atoms with E-state index >= 15 is 0 Å². The van der Waals surface area contributed by atoms with Gasteiger partial charge in [0, 0.05) is 6.54 Å². The summed E-state index contributed by atoms with van der Waals surface area (Å²) >= 11 is 0. The second kappa shape index (κ2) is 4.92. The topological polar surface area (TPSA) is 72.2 Å². The number of nitrogens with two attached hydrogens (primary N) is 1. The molecule has 0 heterocycles. The Bertz CT molecular complexity index is 231. The first-order chi connectivity index (χ1) is 5.12. The number of hydrogen-bond donors (Lipinski definition) is 2. The molecular weight excluding hydrogens is 164 g/mol. The molecule has 0 aliphatic rings. The van der Waals surface area contributed by atoms with Gasteiger partial charge in [0.25, 0.3) is 0 Å². The van der Waals surface area contributed by atoms with Crippen molar-refractivity contribution in [2.24, 2.45) is 5.73 Å². The zero-order chi connectivity index (χ0) is 8.74. The number of hydrogen-bond acceptors (Lipinski definition) is 3. The van der Waals surface area contributed by atoms with E-state index in [0.29, 0.717) is 0 Å². The maximum absolute atomic E-state index is 10.9. The number of rotatable bonds is 5. The molecule has 4 nitrogen and oxygen atoms in total. The van der Waals surface area contributed by atoms with Crippen LogP contribution in [0.5, 0.6) is 0 Å². The van der Waals surface area contributed by atoms with Gasteiger partial charge in [-0.1, -0.05) is 12.2 Å². The zero-order valence-corrected chi connectivity index (χ0v) is 6.97. The third kappa shape index (κ3) is 5.63. The van der Waals surface area contributed by atoms with E-state index in [9.17, 15) is 8.42 Å². The molecular formula is C6H12N2O2S. The molecule has 0 saturated heterocycles. The van der Waals surface area contributed by atoms with Crippen LogP contribution in [0.4, 0.5) is 0 Å². The molecule has 0 aliphatic carbocycles. The molecule has 0 aromatic carbocycles. The van der Waals surface area contributed by atoms with Gasteiger partial charge >= 0.3 is 0 Å². The van der Waals surface area contributed by atoms with Crippen LogP contribution in [0.3, 0.4) is 0 Å². The largest absolute Gasteiger partial charge is 0.405 e. The minimum atomic E-state index is -3.19. The van der Waals surface area contributed by atoms with Gasteiger partial charge in [-0.2, -0.15) is 0 Å². The van der Waals surface area contributed by atoms with Gasteiger partial charge in [-0.05, 0) is 6.20 Å². The molecule has 0 radical (unpaired) electrons. The van der Waals surface area contributed by atoms with Crippen LogP contribution < -0.4 is 10.5 Å². The fourth-order valence-corrected chi connectivity index (χ4v) is 1.28. The summed E-state index contributed by atoms with van der Waals surface area (Å²) < 4.78 is 24.1. The third-order valence-electron chi connectivity index (χ3n) is 0.899. The molecule has 0 amide bonds. The normalized spacial score (nSPS) is 12.0. The summed E-state index contributed by atoms with van der Waals surface area (Å²) in [6.45, 7) is 3.63. The van der Waals surface area contributed by atoms with Crippen molar-refractivity contribution in [3.8, 4) is 0 Å². The van der Waals surface area contributed by atoms with E-state index in [1.54, 1.807) is 0 Å². The lowest BCUT2D eigenvalue weighted by molar-refractivity contribution is 0.588. The van der Waals surface area contributed by atoms with Crippen molar-refractivity contribution < 1.29 is 8.42 Å². The van der Waals surface area contributed by atoms with E-state index in [1.165, 1.54) is 18.4 Å². The molecule has 0 aliphatic heterocycles. The Morgan fingerprint density at radius 3 is 2.64 bits per heavy atom. The van der Waals surface area contributed by atoms with Gasteiger partial charge in [-0.3, -0.25) is 0 Å². The van der Waals surface area contributed by atoms with Crippen LogP contribution in [0.15, 0.2) is 24.9 Å². The van der Waals surface area contributed by atoms with Gasteiger partial charge in [0.05, 0.1) is 5.75 Å². The van der Waals surface area contributed by atoms with Crippen LogP contribution in [-0.4, -0.2) is 20.7 Å². The summed E-state index contributed by atoms with van der Waals surface area (Å²) in [5, 5.41) is 0. The van der Waals surface area contributed by atoms with E-state index in [1.807, 2.05) is 0 Å². The van der Waals surface area contributed by atoms with Crippen molar-refractivity contribution >= 4 is 10.0 Å². The predicted octanol–water partition coefficient (Wildman–Crippen LogP) is -0.436. The molecule has 5 heteroatoms. The number of nitrogens with one attached hydrogen (secondary N) is 1. The quantitative estimate of drug-likeness (QED) is 0.558. The van der Waals surface area contributed by atoms with Crippen molar-refractivity contribution in [2.75, 3.05) is 12.3 Å². The van der Waals surface area contributed by atoms with E-state index in [0.717, 1.165) is 0 Å². The summed E-state index contributed by atoms with van der Waals surface area (Å²) in [5.41, 5.74) is 4.97. The van der Waals surface area contributed by atoms with Crippen molar-refractivity contribution in [1.82, 2.24) is 4.72 Å². The van der Waals surface area contributed by atoms with Crippen LogP contribution in [0, 0.1) is 0 Å². The Kier molecular flexibility index (Phi) is 4.56. The minimum Gasteiger partial charge on any atom is -0.405 e. The van der Waals surface area contributed by atoms with Crippen LogP contribution in [-0.2, 0) is 10.0 Å². The molecule has 0 unspecified atom stereocenters. The van der Waals surface area contributed by atoms with Gasteiger partial charge in [0.15, 0.2) is 0 Å². The van der Waals surface area contributed by atoms with Crippen LogP contribution in [0.25, 0.3) is 0 Å². The standard InChI is InChI=1S/C6H12N2O2S/c1-2-5-8-11(9,10)6-3-4-7/h2-4,8H,1,5-7H2. The second-order valence-electron chi connectivity index (χ2n) is 1.85. The highest BCUT2D eigenvalue weighted by Crippen LogP contribution is 1.83. The highest BCUT2D eigenvalue weighted by molar-refractivity contribution is 7.89. The zero-order valence-electron chi connectivity index (χ0n) is 6.16. The number of sulfonamides is 1. The molecule has 0 spiro atoms. The Labute approximate surface area is 66.8 Å². The van der Waals surface area contributed by atoms with Gasteiger partial charge in [0.2, 0.25) is 10.0 Å². The molecule has 11 heavy (non-hydrogen) atoms. The lowest BCUT2D eigenvalue weighted by Gasteiger charge is -1.99. The molecule has 0 aromatic heterocycles. The average Bonchev–Trinajstić information content (AvgIpc) is 1.97. The molecule has 0 fully saturated rings. The predicted molar refractivity (Wildman–Crippen MR) is 45.3 cm³/mol. The highest BCUT2D eigenvalue weighted by Gasteiger charge is 2.03. The molecule has 0 rings (SSSR count). The Balaban J connectivity index is 3.91. The molecule has 0 atom stereocenters. The van der Waals surface area contributed by atoms with Gasteiger partial charge < -0.3 is 5.73 Å². The summed E-state index contributed by atoms with van der Waals surface area (Å²) in [4.78, 5) is 0. The van der Waals surface area contributed by atoms with Crippen molar-refractivity contribution in [3.63, 3.8) is 0 Å². The van der Waals surface area contributed by atoms with Crippen molar-refractivity contribution in [2.45, 2.75) is 0 Å². The SMILES string of the molecule is C=CCNS(=O)(=O)CC=CN. The monoisotopic (exact) mass is 176 g/mol. The van der Waals surface area contributed by atoms with E-state index < -0.39 is 10.0 Å². The van der Waals surface area contributed by atoms with E-state index in [4.69, 9.17) is 5.73 Å². The molecule has 0 aromatic rings. The Morgan fingerprint density at radius 1 is 1.55 bits per heavy atom. The lowest BCUT2D eigenvalue weighted by Crippen LogP contribution is -2.25. The molecule has 64 valence electrons. The van der Waals surface area contributed by atoms with Crippen LogP contribution >= 0.6 is 0 Å². The molecule has 0 saturated carbocycles. The lowest BCUT2D eigenvalue weighted by atomic mass is 10.7. The van der Waals surface area contributed by atoms with Gasteiger partial charge in [0.1, 0.15) is 0 Å². The highest BCUT2D eigenvalue weighted by atomic mass is 32.2. The second-order valence-corrected chi connectivity index (χ2v) is 3.70. The first-order valence-corrected chi connectivity index (χ1v) is 4.72. The fourth-order valence-electron chi connectivity index (χ4n) is 0.427. The smallest absolute Gasteiger partial charge is 0.215 e. The fraction of sp³-hybridized carbons (Fsp3) is 0.333. The summed E-state index contributed by atoms with van der Waals surface area (Å²) in [6, 6.07) is 0. The Hall–Kier alpha value is -0.810. The van der Waals surface area contributed by atoms with Gasteiger partial charge in [-0.25, -0.2) is 13.1 Å². The third-order valence-corrected chi connectivity index (χ3v) is 2.14. The first-order valence-electron chi connectivity index (χ1n) is 3.07. The van der Waals surface area contributed by atoms with Crippen LogP contribution in [0.1, 0.15) is 0 Å².